The molecular formula is C14H14BrNO2S. The molecule has 0 bridgehead atoms. The first kappa shape index (κ1) is 14.4. The Labute approximate surface area is 125 Å². The van der Waals surface area contributed by atoms with Gasteiger partial charge in [0.25, 0.3) is 0 Å². The molecule has 0 aliphatic heterocycles. The molecule has 1 aromatic rings. The lowest BCUT2D eigenvalue weighted by Crippen LogP contribution is -2.13. The van der Waals surface area contributed by atoms with Crippen LogP contribution in [0, 0.1) is 16.7 Å². The van der Waals surface area contributed by atoms with Crippen LogP contribution in [-0.4, -0.2) is 18.8 Å². The van der Waals surface area contributed by atoms with Gasteiger partial charge in [-0.25, -0.2) is 0 Å². The second-order valence-electron chi connectivity index (χ2n) is 4.79. The van der Waals surface area contributed by atoms with Gasteiger partial charge in [-0.05, 0) is 36.5 Å². The minimum atomic E-state index is -0.146. The number of rotatable bonds is 5. The van der Waals surface area contributed by atoms with Crippen LogP contribution in [0.25, 0.3) is 0 Å². The number of carbonyl (C=O) groups excluding carboxylic acids is 1. The summed E-state index contributed by atoms with van der Waals surface area (Å²) in [5, 5.41) is 9.09. The van der Waals surface area contributed by atoms with Gasteiger partial charge in [0, 0.05) is 15.1 Å². The third-order valence-corrected chi connectivity index (χ3v) is 5.20. The molecule has 3 nitrogen and oxygen atoms in total. The molecule has 0 radical (unpaired) electrons. The molecule has 1 aliphatic rings. The number of thioether (sulfide) groups is 1. The van der Waals surface area contributed by atoms with E-state index in [0.29, 0.717) is 12.0 Å². The molecule has 0 saturated heterocycles. The van der Waals surface area contributed by atoms with E-state index in [1.165, 1.54) is 7.11 Å². The first-order chi connectivity index (χ1) is 9.08. The minimum absolute atomic E-state index is 0.0762. The number of nitrogens with zero attached hydrogens (tertiary/aromatic N) is 1. The van der Waals surface area contributed by atoms with Gasteiger partial charge in [-0.2, -0.15) is 5.26 Å². The highest BCUT2D eigenvalue weighted by atomic mass is 79.9. The summed E-state index contributed by atoms with van der Waals surface area (Å²) in [5.74, 6) is 0.709. The molecule has 0 N–H and O–H groups in total. The van der Waals surface area contributed by atoms with Crippen LogP contribution < -0.4 is 0 Å². The first-order valence-electron chi connectivity index (χ1n) is 5.98. The summed E-state index contributed by atoms with van der Waals surface area (Å²) in [6.07, 6.45) is 2.60. The fourth-order valence-electron chi connectivity index (χ4n) is 1.87. The van der Waals surface area contributed by atoms with Gasteiger partial charge < -0.3 is 4.74 Å². The molecule has 0 atom stereocenters. The van der Waals surface area contributed by atoms with Gasteiger partial charge >= 0.3 is 5.97 Å². The SMILES string of the molecule is COC(=O)CC1(CSc2cc(Br)ccc2C#N)CC1. The molecule has 1 aliphatic carbocycles. The zero-order valence-corrected chi connectivity index (χ0v) is 13.0. The van der Waals surface area contributed by atoms with Crippen LogP contribution in [-0.2, 0) is 9.53 Å². The Morgan fingerprint density at radius 2 is 2.32 bits per heavy atom. The lowest BCUT2D eigenvalue weighted by molar-refractivity contribution is -0.141. The molecule has 5 heteroatoms. The van der Waals surface area contributed by atoms with E-state index in [0.717, 1.165) is 28.0 Å². The molecule has 0 unspecified atom stereocenters. The van der Waals surface area contributed by atoms with Crippen molar-refractivity contribution in [1.82, 2.24) is 0 Å². The average Bonchev–Trinajstić information content (AvgIpc) is 3.16. The molecule has 100 valence electrons. The highest BCUT2D eigenvalue weighted by Gasteiger charge is 2.44. The molecule has 0 heterocycles. The Morgan fingerprint density at radius 3 is 2.89 bits per heavy atom. The van der Waals surface area contributed by atoms with Gasteiger partial charge in [0.15, 0.2) is 0 Å². The fraction of sp³-hybridized carbons (Fsp3) is 0.429. The van der Waals surface area contributed by atoms with Gasteiger partial charge in [0.05, 0.1) is 19.1 Å². The van der Waals surface area contributed by atoms with Crippen LogP contribution in [0.3, 0.4) is 0 Å². The predicted molar refractivity (Wildman–Crippen MR) is 77.9 cm³/mol. The van der Waals surface area contributed by atoms with E-state index in [1.54, 1.807) is 11.8 Å². The summed E-state index contributed by atoms with van der Waals surface area (Å²) >= 11 is 5.06. The molecule has 0 amide bonds. The number of carbonyl (C=O) groups is 1. The summed E-state index contributed by atoms with van der Waals surface area (Å²) in [5.41, 5.74) is 0.759. The van der Waals surface area contributed by atoms with Gasteiger partial charge in [0.2, 0.25) is 0 Å². The maximum Gasteiger partial charge on any atom is 0.306 e. The Kier molecular flexibility index (Phi) is 4.54. The predicted octanol–water partition coefficient (Wildman–Crippen LogP) is 3.76. The molecule has 1 aromatic carbocycles. The number of hydrogen-bond donors (Lipinski definition) is 0. The zero-order valence-electron chi connectivity index (χ0n) is 10.6. The van der Waals surface area contributed by atoms with Crippen LogP contribution in [0.4, 0.5) is 0 Å². The van der Waals surface area contributed by atoms with Crippen molar-refractivity contribution in [3.8, 4) is 6.07 Å². The van der Waals surface area contributed by atoms with E-state index in [-0.39, 0.29) is 11.4 Å². The number of halogens is 1. The van der Waals surface area contributed by atoms with Gasteiger partial charge in [-0.1, -0.05) is 15.9 Å². The molecule has 1 saturated carbocycles. The number of esters is 1. The topological polar surface area (TPSA) is 50.1 Å². The monoisotopic (exact) mass is 339 g/mol. The first-order valence-corrected chi connectivity index (χ1v) is 7.76. The molecule has 2 rings (SSSR count). The maximum absolute atomic E-state index is 11.4. The Hall–Kier alpha value is -0.990. The third kappa shape index (κ3) is 3.74. The van der Waals surface area contributed by atoms with E-state index < -0.39 is 0 Å². The lowest BCUT2D eigenvalue weighted by Gasteiger charge is -2.13. The van der Waals surface area contributed by atoms with E-state index in [1.807, 2.05) is 18.2 Å². The van der Waals surface area contributed by atoms with Gasteiger partial charge in [0.1, 0.15) is 6.07 Å². The van der Waals surface area contributed by atoms with Crippen molar-refractivity contribution in [3.63, 3.8) is 0 Å². The number of methoxy groups -OCH3 is 1. The zero-order chi connectivity index (χ0) is 13.9. The average molecular weight is 340 g/mol. The van der Waals surface area contributed by atoms with Gasteiger partial charge in [-0.15, -0.1) is 11.8 Å². The lowest BCUT2D eigenvalue weighted by atomic mass is 10.1. The molecule has 0 aromatic heterocycles. The Bertz CT molecular complexity index is 535. The smallest absolute Gasteiger partial charge is 0.306 e. The quantitative estimate of drug-likeness (QED) is 0.605. The van der Waals surface area contributed by atoms with Crippen LogP contribution in [0.5, 0.6) is 0 Å². The van der Waals surface area contributed by atoms with Crippen molar-refractivity contribution in [2.75, 3.05) is 12.9 Å². The van der Waals surface area contributed by atoms with Crippen molar-refractivity contribution >= 4 is 33.7 Å². The maximum atomic E-state index is 11.4. The number of nitriles is 1. The third-order valence-electron chi connectivity index (χ3n) is 3.30. The highest BCUT2D eigenvalue weighted by molar-refractivity contribution is 9.10. The van der Waals surface area contributed by atoms with Crippen LogP contribution >= 0.6 is 27.7 Å². The Morgan fingerprint density at radius 1 is 1.58 bits per heavy atom. The normalized spacial score (nSPS) is 15.6. The minimum Gasteiger partial charge on any atom is -0.469 e. The Balaban J connectivity index is 2.01. The van der Waals surface area contributed by atoms with E-state index in [4.69, 9.17) is 10.00 Å². The van der Waals surface area contributed by atoms with Crippen LogP contribution in [0.1, 0.15) is 24.8 Å². The fourth-order valence-corrected chi connectivity index (χ4v) is 3.71. The van der Waals surface area contributed by atoms with Crippen molar-refractivity contribution < 1.29 is 9.53 Å². The van der Waals surface area contributed by atoms with Crippen LogP contribution in [0.15, 0.2) is 27.6 Å². The second kappa shape index (κ2) is 5.98. The molecule has 1 fully saturated rings. The van der Waals surface area contributed by atoms with Crippen molar-refractivity contribution in [3.05, 3.63) is 28.2 Å². The van der Waals surface area contributed by atoms with Gasteiger partial charge in [-0.3, -0.25) is 4.79 Å². The molecule has 0 spiro atoms. The second-order valence-corrected chi connectivity index (χ2v) is 6.73. The number of benzene rings is 1. The van der Waals surface area contributed by atoms with Crippen molar-refractivity contribution in [2.45, 2.75) is 24.2 Å². The van der Waals surface area contributed by atoms with Crippen molar-refractivity contribution in [1.29, 1.82) is 5.26 Å². The number of hydrogen-bond acceptors (Lipinski definition) is 4. The van der Waals surface area contributed by atoms with Crippen LogP contribution in [0.2, 0.25) is 0 Å². The summed E-state index contributed by atoms with van der Waals surface area (Å²) < 4.78 is 5.70. The summed E-state index contributed by atoms with van der Waals surface area (Å²) in [6, 6.07) is 7.83. The molecular weight excluding hydrogens is 326 g/mol. The molecule has 19 heavy (non-hydrogen) atoms. The summed E-state index contributed by atoms with van der Waals surface area (Å²) in [4.78, 5) is 12.3. The van der Waals surface area contributed by atoms with Crippen molar-refractivity contribution in [2.24, 2.45) is 5.41 Å². The van der Waals surface area contributed by atoms with E-state index in [9.17, 15) is 4.79 Å². The standard InChI is InChI=1S/C14H14BrNO2S/c1-18-13(17)7-14(4-5-14)9-19-12-6-11(15)3-2-10(12)8-16/h2-3,6H,4-5,7,9H2,1H3. The van der Waals surface area contributed by atoms with E-state index in [2.05, 4.69) is 22.0 Å². The summed E-state index contributed by atoms with van der Waals surface area (Å²) in [7, 11) is 1.42. The largest absolute Gasteiger partial charge is 0.469 e. The highest BCUT2D eigenvalue weighted by Crippen LogP contribution is 2.52. The van der Waals surface area contributed by atoms with E-state index >= 15 is 0 Å². The number of ether oxygens (including phenoxy) is 1. The summed E-state index contributed by atoms with van der Waals surface area (Å²) in [6.45, 7) is 0.